The van der Waals surface area contributed by atoms with E-state index in [0.717, 1.165) is 44.3 Å². The molecule has 71 heavy (non-hydrogen) atoms. The molecule has 0 radical (unpaired) electrons. The minimum absolute atomic E-state index is 0.0306. The first-order valence-corrected chi connectivity index (χ1v) is 27.9. The number of carbonyl (C=O) groups is 2. The molecule has 2 rings (SSSR count). The van der Waals surface area contributed by atoms with Gasteiger partial charge in [-0.3, -0.25) is 23.2 Å². The Morgan fingerprint density at radius 1 is 0.845 bits per heavy atom. The van der Waals surface area contributed by atoms with Crippen LogP contribution in [0.2, 0.25) is 0 Å². The van der Waals surface area contributed by atoms with Gasteiger partial charge in [0.05, 0.1) is 24.9 Å². The van der Waals surface area contributed by atoms with Gasteiger partial charge in [0.25, 0.3) is 0 Å². The van der Waals surface area contributed by atoms with Crippen molar-refractivity contribution in [2.24, 2.45) is 5.92 Å². The molecule has 0 aromatic carbocycles. The molecule has 2 heterocycles. The van der Waals surface area contributed by atoms with Crippen molar-refractivity contribution in [2.75, 3.05) is 13.2 Å². The fourth-order valence-electron chi connectivity index (χ4n) is 7.59. The summed E-state index contributed by atoms with van der Waals surface area (Å²) >= 11 is 0. The number of esters is 2. The molecule has 22 heteroatoms. The van der Waals surface area contributed by atoms with E-state index < -0.39 is 120 Å². The van der Waals surface area contributed by atoms with Gasteiger partial charge in [-0.1, -0.05) is 119 Å². The zero-order valence-electron chi connectivity index (χ0n) is 41.2. The number of carbonyl (C=O) groups excluding carboxylic acids is 2. The van der Waals surface area contributed by atoms with Gasteiger partial charge < -0.3 is 64.6 Å². The molecule has 10 N–H and O–H groups in total. The summed E-state index contributed by atoms with van der Waals surface area (Å²) in [6, 6.07) is 0. The number of hydrogen-bond acceptors (Lipinski definition) is 17. The summed E-state index contributed by atoms with van der Waals surface area (Å²) in [5.74, 6) is -2.94. The van der Waals surface area contributed by atoms with E-state index >= 15 is 0 Å². The maximum Gasteiger partial charge on any atom is 0.472 e. The molecule has 2 unspecified atom stereocenters. The number of aliphatic hydroxyl groups excluding tert-OH is 7. The molecule has 13 atom stereocenters. The fourth-order valence-corrected chi connectivity index (χ4v) is 9.12. The summed E-state index contributed by atoms with van der Waals surface area (Å²) in [5, 5.41) is 78.9. The molecule has 1 fully saturated rings. The average Bonchev–Trinajstić information content (AvgIpc) is 3.31. The highest BCUT2D eigenvalue weighted by Crippen LogP contribution is 2.49. The third-order valence-corrected chi connectivity index (χ3v) is 13.1. The lowest BCUT2D eigenvalue weighted by Gasteiger charge is -2.41. The Kier molecular flexibility index (Phi) is 32.9. The van der Waals surface area contributed by atoms with Crippen LogP contribution >= 0.6 is 15.6 Å². The van der Waals surface area contributed by atoms with Crippen LogP contribution in [0.1, 0.15) is 136 Å². The number of phosphoric acid groups is 2. The number of rotatable bonds is 24. The summed E-state index contributed by atoms with van der Waals surface area (Å²) < 4.78 is 57.7. The largest absolute Gasteiger partial charge is 0.472 e. The van der Waals surface area contributed by atoms with Crippen molar-refractivity contribution in [3.63, 3.8) is 0 Å². The predicted molar refractivity (Wildman–Crippen MR) is 263 cm³/mol. The van der Waals surface area contributed by atoms with Crippen LogP contribution in [0.15, 0.2) is 72.9 Å². The number of ether oxygens (including phenoxy) is 3. The summed E-state index contributed by atoms with van der Waals surface area (Å²) in [6.45, 7) is 2.46. The zero-order chi connectivity index (χ0) is 52.7. The molecule has 0 amide bonds. The molecular formula is C49H82O20P2. The second-order valence-electron chi connectivity index (χ2n) is 17.7. The van der Waals surface area contributed by atoms with E-state index in [0.29, 0.717) is 25.7 Å². The summed E-state index contributed by atoms with van der Waals surface area (Å²) in [4.78, 5) is 56.7. The van der Waals surface area contributed by atoms with Crippen molar-refractivity contribution < 1.29 is 96.9 Å². The van der Waals surface area contributed by atoms with E-state index in [2.05, 4.69) is 37.3 Å². The van der Waals surface area contributed by atoms with E-state index in [4.69, 9.17) is 27.8 Å². The van der Waals surface area contributed by atoms with E-state index in [-0.39, 0.29) is 38.5 Å². The van der Waals surface area contributed by atoms with Crippen LogP contribution < -0.4 is 0 Å². The van der Waals surface area contributed by atoms with Gasteiger partial charge in [0, 0.05) is 25.2 Å². The molecule has 0 aliphatic carbocycles. The van der Waals surface area contributed by atoms with E-state index in [9.17, 15) is 69.1 Å². The molecule has 0 aromatic rings. The van der Waals surface area contributed by atoms with Gasteiger partial charge in [0.15, 0.2) is 12.4 Å². The molecule has 0 aromatic heterocycles. The Morgan fingerprint density at radius 2 is 1.46 bits per heavy atom. The normalized spacial score (nSPS) is 31.5. The number of hydrogen-bond donors (Lipinski definition) is 10. The maximum absolute atomic E-state index is 13.7. The van der Waals surface area contributed by atoms with Crippen LogP contribution in [0.3, 0.4) is 0 Å². The van der Waals surface area contributed by atoms with Crippen molar-refractivity contribution >= 4 is 27.6 Å². The summed E-state index contributed by atoms with van der Waals surface area (Å²) in [6.07, 6.45) is 8.18. The Hall–Kier alpha value is -2.72. The highest BCUT2D eigenvalue weighted by atomic mass is 31.2. The van der Waals surface area contributed by atoms with Crippen LogP contribution in [0, 0.1) is 5.92 Å². The van der Waals surface area contributed by atoms with Crippen LogP contribution in [0.4, 0.5) is 0 Å². The quantitative estimate of drug-likeness (QED) is 0.0239. The topological polar surface area (TPSA) is 326 Å². The molecule has 0 spiro atoms. The van der Waals surface area contributed by atoms with Crippen LogP contribution in [0.5, 0.6) is 0 Å². The first-order chi connectivity index (χ1) is 33.8. The predicted octanol–water partition coefficient (Wildman–Crippen LogP) is 5.72. The molecule has 2 bridgehead atoms. The van der Waals surface area contributed by atoms with E-state index in [1.807, 2.05) is 25.2 Å². The lowest BCUT2D eigenvalue weighted by Crippen LogP contribution is -2.58. The van der Waals surface area contributed by atoms with Crippen LogP contribution in [-0.2, 0) is 46.5 Å². The molecule has 20 nitrogen and oxygen atoms in total. The van der Waals surface area contributed by atoms with Crippen molar-refractivity contribution in [1.29, 1.82) is 0 Å². The molecule has 408 valence electrons. The second-order valence-corrected chi connectivity index (χ2v) is 20.3. The van der Waals surface area contributed by atoms with Crippen LogP contribution in [-0.4, -0.2) is 143 Å². The number of phosphoric ester groups is 2. The lowest BCUT2D eigenvalue weighted by molar-refractivity contribution is -0.210. The van der Waals surface area contributed by atoms with Crippen molar-refractivity contribution in [1.82, 2.24) is 0 Å². The van der Waals surface area contributed by atoms with Gasteiger partial charge in [-0.15, -0.1) is 0 Å². The Morgan fingerprint density at radius 3 is 2.10 bits per heavy atom. The number of unbranched alkanes of at least 4 members (excludes halogenated alkanes) is 6. The lowest BCUT2D eigenvalue weighted by atomic mass is 9.83. The Balaban J connectivity index is 2.31. The van der Waals surface area contributed by atoms with Gasteiger partial charge in [-0.25, -0.2) is 9.13 Å². The van der Waals surface area contributed by atoms with Crippen molar-refractivity contribution in [3.8, 4) is 0 Å². The van der Waals surface area contributed by atoms with Crippen molar-refractivity contribution in [3.05, 3.63) is 72.9 Å². The van der Waals surface area contributed by atoms with Gasteiger partial charge >= 0.3 is 27.6 Å². The second kappa shape index (κ2) is 36.3. The first kappa shape index (κ1) is 64.4. The van der Waals surface area contributed by atoms with Gasteiger partial charge in [-0.2, -0.15) is 0 Å². The summed E-state index contributed by atoms with van der Waals surface area (Å²) in [5.41, 5.74) is 0. The Labute approximate surface area is 418 Å². The van der Waals surface area contributed by atoms with Gasteiger partial charge in [0.1, 0.15) is 43.2 Å². The minimum atomic E-state index is -5.80. The minimum Gasteiger partial charge on any atom is -0.462 e. The number of aliphatic hydroxyl groups is 7. The number of fused-ring (bicyclic) bond motifs is 4. The zero-order valence-corrected chi connectivity index (χ0v) is 42.9. The standard InChI is InChI=1S/C49H82O20P2/c1-3-5-7-8-9-10-11-12-13-14-15-16-17-18-19-20-25-29-41(52)64-34-37-35-65-71(62,63)69-49-47(58)46(57)44(55)38(28-24-21-22-26-30-42(53)66-37)39(51)33-43(54)67-40(32-31-36(50)27-23-6-4-2)45(56)48(49)68-70(59,60)61/h9-10,12-13,15-16,18-19,21,24,31-32,36-40,43-51,54-58H,3-8,11,14,17,20,22-23,25-30,33-35H2,1-2H3,(H,62,63)(H2,59,60,61)/b10-9-,13-12-,16-15-,19-18-,24-21-,32-31?/t36-,37+,38-,39-,40+,43?,44+,45+,46-,47+,48+,49-/m0/s1. The molecule has 2 aliphatic rings. The monoisotopic (exact) mass is 1050 g/mol. The van der Waals surface area contributed by atoms with Crippen molar-refractivity contribution in [2.45, 2.75) is 203 Å². The average molecular weight is 1050 g/mol. The van der Waals surface area contributed by atoms with Gasteiger partial charge in [0.2, 0.25) is 0 Å². The smallest absolute Gasteiger partial charge is 0.462 e. The van der Waals surface area contributed by atoms with Crippen LogP contribution in [0.25, 0.3) is 0 Å². The van der Waals surface area contributed by atoms with Gasteiger partial charge in [-0.05, 0) is 70.6 Å². The fraction of sp³-hybridized carbons (Fsp3) is 0.714. The first-order valence-electron chi connectivity index (χ1n) is 24.9. The molecular weight excluding hydrogens is 970 g/mol. The third-order valence-electron chi connectivity index (χ3n) is 11.6. The SMILES string of the molecule is CCCCC/C=C\C/C=C\C/C=C\C/C=C\CCCC(=O)OC[C@@H]1COP(=O)(O)O[C@H]2[C@H](O)[C@@H](O)[C@H](O)[C@@H](C/C=C\CCCC(=O)O1)[C@@H](O)CC(O)O[C@H](C=C[C@@H](O)CCCCC)[C@@H](O)[C@H]2OP(=O)(O)O. The molecule has 1 saturated heterocycles. The van der Waals surface area contributed by atoms with E-state index in [1.54, 1.807) is 6.08 Å². The van der Waals surface area contributed by atoms with E-state index in [1.165, 1.54) is 25.3 Å². The number of cyclic esters (lactones) is 1. The highest BCUT2D eigenvalue weighted by Gasteiger charge is 2.50. The third kappa shape index (κ3) is 28.5. The summed E-state index contributed by atoms with van der Waals surface area (Å²) in [7, 11) is -11.5. The maximum atomic E-state index is 13.7. The Bertz CT molecular complexity index is 1760. The number of allylic oxidation sites excluding steroid dienone is 10. The molecule has 0 saturated carbocycles. The highest BCUT2D eigenvalue weighted by molar-refractivity contribution is 7.47. The molecule has 2 aliphatic heterocycles.